The molecule has 1 aromatic rings. The molecule has 5 nitrogen and oxygen atoms in total. The van der Waals surface area contributed by atoms with Gasteiger partial charge in [0.1, 0.15) is 4.21 Å². The molecule has 120 valence electrons. The lowest BCUT2D eigenvalue weighted by atomic mass is 10.0. The van der Waals surface area contributed by atoms with Crippen molar-refractivity contribution >= 4 is 21.4 Å². The number of nitrogens with zero attached hydrogens (tertiary/aromatic N) is 1. The Morgan fingerprint density at radius 3 is 2.95 bits per heavy atom. The van der Waals surface area contributed by atoms with Crippen LogP contribution in [0.3, 0.4) is 0 Å². The smallest absolute Gasteiger partial charge is 0.250 e. The second kappa shape index (κ2) is 7.69. The fraction of sp³-hybridized carbons (Fsp3) is 0.714. The molecule has 2 rings (SSSR count). The van der Waals surface area contributed by atoms with E-state index >= 15 is 0 Å². The lowest BCUT2D eigenvalue weighted by molar-refractivity contribution is 0.159. The molecule has 0 aromatic carbocycles. The van der Waals surface area contributed by atoms with Crippen molar-refractivity contribution in [2.24, 2.45) is 5.73 Å². The summed E-state index contributed by atoms with van der Waals surface area (Å²) in [5.74, 6) is 0. The van der Waals surface area contributed by atoms with E-state index in [1.807, 2.05) is 0 Å². The highest BCUT2D eigenvalue weighted by Gasteiger charge is 2.19. The van der Waals surface area contributed by atoms with Crippen LogP contribution in [0.2, 0.25) is 0 Å². The van der Waals surface area contributed by atoms with E-state index in [9.17, 15) is 8.42 Å². The Bertz CT molecular complexity index is 542. The topological polar surface area (TPSA) is 75.4 Å². The second-order valence-corrected chi connectivity index (χ2v) is 8.52. The number of sulfonamides is 1. The molecule has 0 saturated carbocycles. The van der Waals surface area contributed by atoms with E-state index in [0.29, 0.717) is 23.3 Å². The van der Waals surface area contributed by atoms with Crippen LogP contribution in [-0.4, -0.2) is 39.0 Å². The predicted octanol–water partition coefficient (Wildman–Crippen LogP) is 1.75. The van der Waals surface area contributed by atoms with Gasteiger partial charge in [0, 0.05) is 19.1 Å². The van der Waals surface area contributed by atoms with E-state index in [4.69, 9.17) is 5.73 Å². The van der Waals surface area contributed by atoms with Crippen LogP contribution in [0.5, 0.6) is 0 Å². The maximum atomic E-state index is 12.1. The molecule has 1 saturated heterocycles. The quantitative estimate of drug-likeness (QED) is 0.747. The number of rotatable bonds is 7. The summed E-state index contributed by atoms with van der Waals surface area (Å²) in [6.45, 7) is 5.21. The molecule has 1 atom stereocenters. The first-order chi connectivity index (χ1) is 10.0. The zero-order valence-electron chi connectivity index (χ0n) is 12.5. The van der Waals surface area contributed by atoms with Gasteiger partial charge in [-0.15, -0.1) is 11.3 Å². The summed E-state index contributed by atoms with van der Waals surface area (Å²) in [6.07, 6.45) is 4.67. The average Bonchev–Trinajstić information content (AvgIpc) is 2.95. The zero-order valence-corrected chi connectivity index (χ0v) is 14.2. The lowest BCUT2D eigenvalue weighted by Crippen LogP contribution is -2.39. The lowest BCUT2D eigenvalue weighted by Gasteiger charge is -2.33. The van der Waals surface area contributed by atoms with E-state index in [1.54, 1.807) is 11.4 Å². The Hall–Kier alpha value is -0.470. The van der Waals surface area contributed by atoms with Crippen LogP contribution in [-0.2, 0) is 16.6 Å². The van der Waals surface area contributed by atoms with Crippen molar-refractivity contribution in [1.29, 1.82) is 0 Å². The molecule has 2 heterocycles. The molecular formula is C14H25N3O2S2. The van der Waals surface area contributed by atoms with E-state index in [1.165, 1.54) is 30.6 Å². The van der Waals surface area contributed by atoms with E-state index < -0.39 is 10.0 Å². The summed E-state index contributed by atoms with van der Waals surface area (Å²) in [6, 6.07) is 2.28. The van der Waals surface area contributed by atoms with Crippen molar-refractivity contribution < 1.29 is 8.42 Å². The van der Waals surface area contributed by atoms with Gasteiger partial charge in [-0.25, -0.2) is 13.1 Å². The number of hydrogen-bond acceptors (Lipinski definition) is 5. The molecule has 0 radical (unpaired) electrons. The number of likely N-dealkylation sites (tertiary alicyclic amines) is 1. The van der Waals surface area contributed by atoms with Gasteiger partial charge in [0.05, 0.1) is 0 Å². The van der Waals surface area contributed by atoms with Crippen LogP contribution < -0.4 is 10.5 Å². The minimum absolute atomic E-state index is 0.356. The molecule has 0 aliphatic carbocycles. The minimum Gasteiger partial charge on any atom is -0.326 e. The maximum Gasteiger partial charge on any atom is 0.250 e. The van der Waals surface area contributed by atoms with Crippen LogP contribution in [0, 0.1) is 0 Å². The van der Waals surface area contributed by atoms with Gasteiger partial charge >= 0.3 is 0 Å². The molecule has 21 heavy (non-hydrogen) atoms. The Kier molecular flexibility index (Phi) is 6.19. The van der Waals surface area contributed by atoms with Gasteiger partial charge in [0.15, 0.2) is 0 Å². The summed E-state index contributed by atoms with van der Waals surface area (Å²) in [4.78, 5) is 2.45. The minimum atomic E-state index is -3.37. The number of thiophene rings is 1. The highest BCUT2D eigenvalue weighted by Crippen LogP contribution is 2.20. The fourth-order valence-corrected chi connectivity index (χ4v) is 4.99. The molecule has 1 aliphatic heterocycles. The van der Waals surface area contributed by atoms with Crippen LogP contribution >= 0.6 is 11.3 Å². The number of hydrogen-bond donors (Lipinski definition) is 2. The van der Waals surface area contributed by atoms with Crippen molar-refractivity contribution in [3.63, 3.8) is 0 Å². The van der Waals surface area contributed by atoms with Gasteiger partial charge in [-0.3, -0.25) is 0 Å². The predicted molar refractivity (Wildman–Crippen MR) is 86.9 cm³/mol. The fourth-order valence-electron chi connectivity index (χ4n) is 2.65. The molecule has 3 N–H and O–H groups in total. The van der Waals surface area contributed by atoms with E-state index in [-0.39, 0.29) is 0 Å². The summed E-state index contributed by atoms with van der Waals surface area (Å²) in [5.41, 5.74) is 6.37. The van der Waals surface area contributed by atoms with Crippen molar-refractivity contribution in [2.75, 3.05) is 19.6 Å². The first-order valence-electron chi connectivity index (χ1n) is 7.54. The summed E-state index contributed by atoms with van der Waals surface area (Å²) < 4.78 is 27.3. The van der Waals surface area contributed by atoms with Crippen molar-refractivity contribution in [3.8, 4) is 0 Å². The number of piperidine rings is 1. The highest BCUT2D eigenvalue weighted by atomic mass is 32.2. The molecule has 0 spiro atoms. The van der Waals surface area contributed by atoms with Gasteiger partial charge in [-0.1, -0.05) is 6.42 Å². The summed E-state index contributed by atoms with van der Waals surface area (Å²) >= 11 is 1.23. The van der Waals surface area contributed by atoms with Crippen molar-refractivity contribution in [2.45, 2.75) is 49.4 Å². The molecular weight excluding hydrogens is 306 g/mol. The second-order valence-electron chi connectivity index (χ2n) is 5.61. The molecule has 7 heteroatoms. The Balaban J connectivity index is 1.77. The summed E-state index contributed by atoms with van der Waals surface area (Å²) in [5, 5.41) is 1.80. The zero-order chi connectivity index (χ0) is 15.3. The normalized spacial score (nSPS) is 20.8. The Morgan fingerprint density at radius 2 is 2.29 bits per heavy atom. The van der Waals surface area contributed by atoms with Crippen LogP contribution in [0.4, 0.5) is 0 Å². The standard InChI is InChI=1S/C14H25N3O2S2/c1-12-5-2-3-7-17(12)8-4-6-16-21(18,19)14-9-13(10-15)11-20-14/h9,11-12,16H,2-8,10,15H2,1H3. The van der Waals surface area contributed by atoms with Gasteiger partial charge in [0.25, 0.3) is 0 Å². The van der Waals surface area contributed by atoms with Crippen LogP contribution in [0.25, 0.3) is 0 Å². The Labute approximate surface area is 131 Å². The first-order valence-corrected chi connectivity index (χ1v) is 9.90. The van der Waals surface area contributed by atoms with Gasteiger partial charge in [-0.05, 0) is 56.3 Å². The van der Waals surface area contributed by atoms with Crippen molar-refractivity contribution in [3.05, 3.63) is 17.0 Å². The molecule has 1 unspecified atom stereocenters. The summed E-state index contributed by atoms with van der Waals surface area (Å²) in [7, 11) is -3.37. The van der Waals surface area contributed by atoms with E-state index in [2.05, 4.69) is 16.5 Å². The van der Waals surface area contributed by atoms with Crippen LogP contribution in [0.1, 0.15) is 38.2 Å². The number of nitrogens with two attached hydrogens (primary N) is 1. The van der Waals surface area contributed by atoms with Gasteiger partial charge < -0.3 is 10.6 Å². The SMILES string of the molecule is CC1CCCCN1CCCNS(=O)(=O)c1cc(CN)cs1. The third kappa shape index (κ3) is 4.75. The van der Waals surface area contributed by atoms with Crippen molar-refractivity contribution in [1.82, 2.24) is 9.62 Å². The molecule has 0 bridgehead atoms. The van der Waals surface area contributed by atoms with Gasteiger partial charge in [-0.2, -0.15) is 0 Å². The monoisotopic (exact) mass is 331 g/mol. The molecule has 1 aromatic heterocycles. The first kappa shape index (κ1) is 16.9. The number of nitrogens with one attached hydrogen (secondary N) is 1. The van der Waals surface area contributed by atoms with Crippen LogP contribution in [0.15, 0.2) is 15.7 Å². The Morgan fingerprint density at radius 1 is 1.48 bits per heavy atom. The third-order valence-electron chi connectivity index (χ3n) is 3.99. The highest BCUT2D eigenvalue weighted by molar-refractivity contribution is 7.91. The van der Waals surface area contributed by atoms with E-state index in [0.717, 1.165) is 25.1 Å². The largest absolute Gasteiger partial charge is 0.326 e. The third-order valence-corrected chi connectivity index (χ3v) is 6.93. The average molecular weight is 332 g/mol. The maximum absolute atomic E-state index is 12.1. The molecule has 1 aliphatic rings. The molecule has 0 amide bonds. The molecule has 1 fully saturated rings. The van der Waals surface area contributed by atoms with Gasteiger partial charge in [0.2, 0.25) is 10.0 Å².